The first-order valence-corrected chi connectivity index (χ1v) is 12.9. The average molecular weight is 478 g/mol. The van der Waals surface area contributed by atoms with Gasteiger partial charge in [0, 0.05) is 23.8 Å². The van der Waals surface area contributed by atoms with E-state index in [9.17, 15) is 9.90 Å². The van der Waals surface area contributed by atoms with Gasteiger partial charge >= 0.3 is 5.97 Å². The van der Waals surface area contributed by atoms with E-state index in [0.717, 1.165) is 62.6 Å². The van der Waals surface area contributed by atoms with Crippen LogP contribution in [-0.2, 0) is 9.63 Å². The van der Waals surface area contributed by atoms with Crippen molar-refractivity contribution in [2.45, 2.75) is 83.7 Å². The molecule has 188 valence electrons. The van der Waals surface area contributed by atoms with E-state index < -0.39 is 12.1 Å². The maximum Gasteiger partial charge on any atom is 0.303 e. The van der Waals surface area contributed by atoms with E-state index in [1.54, 1.807) is 0 Å². The number of aliphatic carboxylic acids is 1. The summed E-state index contributed by atoms with van der Waals surface area (Å²) in [6, 6.07) is 10.1. The fourth-order valence-electron chi connectivity index (χ4n) is 4.91. The number of carbonyl (C=O) groups is 1. The average Bonchev–Trinajstić information content (AvgIpc) is 2.82. The van der Waals surface area contributed by atoms with E-state index in [4.69, 9.17) is 9.94 Å². The maximum absolute atomic E-state index is 10.7. The fourth-order valence-corrected chi connectivity index (χ4v) is 4.91. The van der Waals surface area contributed by atoms with Crippen molar-refractivity contribution in [1.82, 2.24) is 0 Å². The minimum Gasteiger partial charge on any atom is -0.481 e. The smallest absolute Gasteiger partial charge is 0.303 e. The molecule has 35 heavy (non-hydrogen) atoms. The third kappa shape index (κ3) is 8.71. The molecule has 0 spiro atoms. The number of carboxylic acids is 1. The Morgan fingerprint density at radius 1 is 1.17 bits per heavy atom. The van der Waals surface area contributed by atoms with Crippen molar-refractivity contribution in [1.29, 1.82) is 0 Å². The molecule has 0 heterocycles. The first kappa shape index (κ1) is 26.8. The second kappa shape index (κ2) is 13.3. The number of aliphatic hydroxyl groups is 1. The predicted octanol–water partition coefficient (Wildman–Crippen LogP) is 6.28. The topological polar surface area (TPSA) is 79.1 Å². The van der Waals surface area contributed by atoms with Crippen LogP contribution in [0.2, 0.25) is 0 Å². The molecule has 2 aliphatic carbocycles. The van der Waals surface area contributed by atoms with Crippen molar-refractivity contribution in [3.05, 3.63) is 60.2 Å². The quantitative estimate of drug-likeness (QED) is 0.170. The highest BCUT2D eigenvalue weighted by atomic mass is 16.6. The lowest BCUT2D eigenvalue weighted by atomic mass is 9.64. The molecule has 3 rings (SSSR count). The zero-order chi connectivity index (χ0) is 25.0. The molecule has 5 nitrogen and oxygen atoms in total. The number of hydrogen-bond acceptors (Lipinski definition) is 4. The fraction of sp³-hybridized carbons (Fsp3) is 0.533. The molecule has 1 aromatic rings. The zero-order valence-corrected chi connectivity index (χ0v) is 20.9. The first-order valence-electron chi connectivity index (χ1n) is 12.9. The molecule has 0 unspecified atom stereocenters. The maximum atomic E-state index is 10.7. The van der Waals surface area contributed by atoms with Crippen molar-refractivity contribution in [2.75, 3.05) is 6.61 Å². The van der Waals surface area contributed by atoms with Gasteiger partial charge in [-0.05, 0) is 62.5 Å². The molecule has 0 saturated heterocycles. The van der Waals surface area contributed by atoms with Crippen LogP contribution in [0.5, 0.6) is 0 Å². The van der Waals surface area contributed by atoms with Gasteiger partial charge in [0.25, 0.3) is 0 Å². The normalized spacial score (nSPS) is 23.5. The Hall–Kier alpha value is -2.84. The molecule has 0 amide bonds. The number of hydrogen-bond donors (Lipinski definition) is 2. The highest BCUT2D eigenvalue weighted by molar-refractivity contribution is 5.91. The van der Waals surface area contributed by atoms with Gasteiger partial charge in [0.2, 0.25) is 0 Å². The number of allylic oxidation sites excluding steroid dienone is 3. The Morgan fingerprint density at radius 2 is 1.97 bits per heavy atom. The van der Waals surface area contributed by atoms with Gasteiger partial charge in [-0.25, -0.2) is 0 Å². The molecule has 2 aliphatic rings. The summed E-state index contributed by atoms with van der Waals surface area (Å²) in [5.41, 5.74) is 2.00. The van der Waals surface area contributed by atoms with Crippen LogP contribution in [-0.4, -0.2) is 34.6 Å². The molecule has 2 saturated carbocycles. The Labute approximate surface area is 210 Å². The SMILES string of the molecule is C[C@@]1(/C=C/C=C/[C@@H](O)CC2(CC#Cc3ccccc3)CCC2)CCCC/C1=N\OCCCC(=O)O. The van der Waals surface area contributed by atoms with Crippen LogP contribution in [0.25, 0.3) is 0 Å². The van der Waals surface area contributed by atoms with Gasteiger partial charge in [0.05, 0.1) is 11.8 Å². The third-order valence-corrected chi connectivity index (χ3v) is 7.25. The van der Waals surface area contributed by atoms with E-state index in [-0.39, 0.29) is 17.3 Å². The number of carboxylic acid groups (broad SMARTS) is 1. The van der Waals surface area contributed by atoms with Crippen LogP contribution in [0.1, 0.15) is 83.1 Å². The molecular weight excluding hydrogens is 438 g/mol. The van der Waals surface area contributed by atoms with Crippen molar-refractivity contribution in [3.8, 4) is 11.8 Å². The monoisotopic (exact) mass is 477 g/mol. The molecular formula is C30H39NO4. The van der Waals surface area contributed by atoms with Crippen LogP contribution < -0.4 is 0 Å². The molecule has 2 atom stereocenters. The molecule has 1 aromatic carbocycles. The Kier molecular flexibility index (Phi) is 10.2. The second-order valence-electron chi connectivity index (χ2n) is 10.2. The minimum atomic E-state index is -0.816. The van der Waals surface area contributed by atoms with Crippen LogP contribution >= 0.6 is 0 Å². The highest BCUT2D eigenvalue weighted by Gasteiger charge is 2.37. The third-order valence-electron chi connectivity index (χ3n) is 7.25. The summed E-state index contributed by atoms with van der Waals surface area (Å²) in [7, 11) is 0. The van der Waals surface area contributed by atoms with E-state index in [1.807, 2.05) is 48.6 Å². The summed E-state index contributed by atoms with van der Waals surface area (Å²) in [5.74, 6) is 5.79. The van der Waals surface area contributed by atoms with E-state index in [1.165, 1.54) is 6.42 Å². The molecule has 0 radical (unpaired) electrons. The number of aliphatic hydroxyl groups excluding tert-OH is 1. The first-order chi connectivity index (χ1) is 16.9. The van der Waals surface area contributed by atoms with E-state index >= 15 is 0 Å². The van der Waals surface area contributed by atoms with Gasteiger partial charge in [-0.3, -0.25) is 4.79 Å². The Balaban J connectivity index is 1.50. The largest absolute Gasteiger partial charge is 0.481 e. The number of nitrogens with zero attached hydrogens (tertiary/aromatic N) is 1. The molecule has 0 aromatic heterocycles. The van der Waals surface area contributed by atoms with Crippen molar-refractivity contribution < 1.29 is 19.8 Å². The minimum absolute atomic E-state index is 0.0933. The molecule has 0 bridgehead atoms. The van der Waals surface area contributed by atoms with Gasteiger partial charge in [-0.1, -0.05) is 79.3 Å². The van der Waals surface area contributed by atoms with E-state index in [2.05, 4.69) is 30.0 Å². The van der Waals surface area contributed by atoms with Crippen molar-refractivity contribution in [2.24, 2.45) is 16.0 Å². The van der Waals surface area contributed by atoms with Crippen LogP contribution in [0.4, 0.5) is 0 Å². The van der Waals surface area contributed by atoms with Crippen molar-refractivity contribution in [3.63, 3.8) is 0 Å². The van der Waals surface area contributed by atoms with E-state index in [0.29, 0.717) is 13.0 Å². The number of rotatable bonds is 11. The van der Waals surface area contributed by atoms with Gasteiger partial charge in [0.1, 0.15) is 6.61 Å². The van der Waals surface area contributed by atoms with Gasteiger partial charge in [-0.15, -0.1) is 0 Å². The predicted molar refractivity (Wildman–Crippen MR) is 140 cm³/mol. The number of oxime groups is 1. The lowest BCUT2D eigenvalue weighted by Gasteiger charge is -2.41. The lowest BCUT2D eigenvalue weighted by Crippen LogP contribution is -2.32. The van der Waals surface area contributed by atoms with Crippen LogP contribution in [0.3, 0.4) is 0 Å². The lowest BCUT2D eigenvalue weighted by molar-refractivity contribution is -0.137. The summed E-state index contributed by atoms with van der Waals surface area (Å²) in [6.07, 6.45) is 17.2. The summed E-state index contributed by atoms with van der Waals surface area (Å²) in [4.78, 5) is 16.0. The molecule has 5 heteroatoms. The van der Waals surface area contributed by atoms with Crippen LogP contribution in [0.15, 0.2) is 59.8 Å². The van der Waals surface area contributed by atoms with Gasteiger partial charge in [-0.2, -0.15) is 0 Å². The summed E-state index contributed by atoms with van der Waals surface area (Å²) >= 11 is 0. The standard InChI is InChI=1S/C30H39NO4/c1-29(19-8-6-16-27(29)31-35-23-10-17-28(33)34)18-7-5-15-26(32)24-30(21-11-22-30)20-9-14-25-12-3-2-4-13-25/h2-5,7,12-13,15,18,26,32H,6,8,10-11,16-17,19-24H2,1H3,(H,33,34)/b15-5+,18-7+,31-27+/t26-,29-/m1/s1. The summed E-state index contributed by atoms with van der Waals surface area (Å²) in [5, 5.41) is 23.8. The molecule has 0 aliphatic heterocycles. The van der Waals surface area contributed by atoms with Gasteiger partial charge < -0.3 is 15.1 Å². The van der Waals surface area contributed by atoms with Crippen LogP contribution in [0, 0.1) is 22.7 Å². The number of benzene rings is 1. The van der Waals surface area contributed by atoms with Gasteiger partial charge in [0.15, 0.2) is 0 Å². The summed E-state index contributed by atoms with van der Waals surface area (Å²) in [6.45, 7) is 2.49. The summed E-state index contributed by atoms with van der Waals surface area (Å²) < 4.78 is 0. The molecule has 2 fully saturated rings. The Morgan fingerprint density at radius 3 is 2.69 bits per heavy atom. The Bertz CT molecular complexity index is 965. The molecule has 2 N–H and O–H groups in total. The second-order valence-corrected chi connectivity index (χ2v) is 10.2. The highest BCUT2D eigenvalue weighted by Crippen LogP contribution is 2.47. The van der Waals surface area contributed by atoms with Crippen molar-refractivity contribution >= 4 is 11.7 Å². The zero-order valence-electron chi connectivity index (χ0n) is 20.9.